The fourth-order valence-corrected chi connectivity index (χ4v) is 2.30. The lowest BCUT2D eigenvalue weighted by Crippen LogP contribution is -2.30. The molecule has 1 aromatic carbocycles. The lowest BCUT2D eigenvalue weighted by atomic mass is 10.1. The number of likely N-dealkylation sites (N-methyl/N-ethyl adjacent to an activating group) is 1. The van der Waals surface area contributed by atoms with Crippen LogP contribution in [0, 0.1) is 6.92 Å². The van der Waals surface area contributed by atoms with E-state index in [-0.39, 0.29) is 0 Å². The Labute approximate surface area is 113 Å². The molecule has 0 aliphatic heterocycles. The third kappa shape index (κ3) is 4.41. The minimum Gasteiger partial charge on any atom is -0.313 e. The molecule has 0 amide bonds. The number of nitrogens with one attached hydrogen (secondary N) is 1. The highest BCUT2D eigenvalue weighted by molar-refractivity contribution is 9.10. The standard InChI is InChI=1S/C14H21BrN2/c1-11-3-4-12(9-14(11)15)10-17(2)8-7-16-13-5-6-13/h3-4,9,13,16H,5-8,10H2,1-2H3. The fraction of sp³-hybridized carbons (Fsp3) is 0.571. The van der Waals surface area contributed by atoms with Crippen molar-refractivity contribution < 1.29 is 0 Å². The van der Waals surface area contributed by atoms with Gasteiger partial charge in [-0.25, -0.2) is 0 Å². The highest BCUT2D eigenvalue weighted by Gasteiger charge is 2.19. The van der Waals surface area contributed by atoms with Gasteiger partial charge < -0.3 is 10.2 Å². The van der Waals surface area contributed by atoms with Gasteiger partial charge in [0.1, 0.15) is 0 Å². The number of nitrogens with zero attached hydrogens (tertiary/aromatic N) is 1. The maximum absolute atomic E-state index is 3.59. The van der Waals surface area contributed by atoms with Crippen LogP contribution in [0.5, 0.6) is 0 Å². The zero-order valence-electron chi connectivity index (χ0n) is 10.7. The van der Waals surface area contributed by atoms with E-state index in [1.54, 1.807) is 0 Å². The van der Waals surface area contributed by atoms with Crippen molar-refractivity contribution in [2.75, 3.05) is 20.1 Å². The topological polar surface area (TPSA) is 15.3 Å². The van der Waals surface area contributed by atoms with E-state index in [4.69, 9.17) is 0 Å². The summed E-state index contributed by atoms with van der Waals surface area (Å²) in [6.07, 6.45) is 2.74. The molecule has 1 aliphatic rings. The van der Waals surface area contributed by atoms with Crippen LogP contribution >= 0.6 is 15.9 Å². The number of rotatable bonds is 6. The van der Waals surface area contributed by atoms with Crippen LogP contribution in [0.1, 0.15) is 24.0 Å². The third-order valence-electron chi connectivity index (χ3n) is 3.19. The van der Waals surface area contributed by atoms with Gasteiger partial charge in [-0.15, -0.1) is 0 Å². The minimum absolute atomic E-state index is 0.817. The van der Waals surface area contributed by atoms with Gasteiger partial charge in [0.15, 0.2) is 0 Å². The van der Waals surface area contributed by atoms with Crippen molar-refractivity contribution in [1.82, 2.24) is 10.2 Å². The number of aryl methyl sites for hydroxylation is 1. The van der Waals surface area contributed by atoms with Crippen LogP contribution in [0.3, 0.4) is 0 Å². The predicted octanol–water partition coefficient (Wildman–Crippen LogP) is 2.94. The summed E-state index contributed by atoms with van der Waals surface area (Å²) in [6.45, 7) is 5.36. The van der Waals surface area contributed by atoms with E-state index in [9.17, 15) is 0 Å². The Morgan fingerprint density at radius 3 is 2.82 bits per heavy atom. The van der Waals surface area contributed by atoms with Crippen molar-refractivity contribution in [2.45, 2.75) is 32.4 Å². The van der Waals surface area contributed by atoms with Crippen LogP contribution < -0.4 is 5.32 Å². The second-order valence-electron chi connectivity index (χ2n) is 5.05. The van der Waals surface area contributed by atoms with Crippen molar-refractivity contribution in [1.29, 1.82) is 0 Å². The first-order chi connectivity index (χ1) is 8.15. The summed E-state index contributed by atoms with van der Waals surface area (Å²) in [5.41, 5.74) is 2.67. The first-order valence-corrected chi connectivity index (χ1v) is 7.11. The van der Waals surface area contributed by atoms with Gasteiger partial charge in [0, 0.05) is 30.1 Å². The van der Waals surface area contributed by atoms with Crippen LogP contribution in [0.15, 0.2) is 22.7 Å². The summed E-state index contributed by atoms with van der Waals surface area (Å²) >= 11 is 3.59. The van der Waals surface area contributed by atoms with Crippen LogP contribution in [0.2, 0.25) is 0 Å². The first-order valence-electron chi connectivity index (χ1n) is 6.32. The summed E-state index contributed by atoms with van der Waals surface area (Å²) in [7, 11) is 2.18. The zero-order chi connectivity index (χ0) is 12.3. The van der Waals surface area contributed by atoms with Crippen LogP contribution in [0.4, 0.5) is 0 Å². The van der Waals surface area contributed by atoms with Crippen molar-refractivity contribution in [3.05, 3.63) is 33.8 Å². The summed E-state index contributed by atoms with van der Waals surface area (Å²) in [4.78, 5) is 2.37. The normalized spacial score (nSPS) is 15.5. The van der Waals surface area contributed by atoms with Gasteiger partial charge in [-0.1, -0.05) is 28.1 Å². The van der Waals surface area contributed by atoms with Gasteiger partial charge >= 0.3 is 0 Å². The van der Waals surface area contributed by atoms with E-state index in [0.717, 1.165) is 25.7 Å². The van der Waals surface area contributed by atoms with Gasteiger partial charge in [0.05, 0.1) is 0 Å². The van der Waals surface area contributed by atoms with Crippen molar-refractivity contribution in [3.8, 4) is 0 Å². The zero-order valence-corrected chi connectivity index (χ0v) is 12.3. The molecule has 1 aliphatic carbocycles. The molecule has 0 bridgehead atoms. The molecule has 0 aromatic heterocycles. The molecule has 0 unspecified atom stereocenters. The third-order valence-corrected chi connectivity index (χ3v) is 4.05. The molecule has 1 saturated carbocycles. The molecule has 1 fully saturated rings. The number of benzene rings is 1. The van der Waals surface area contributed by atoms with E-state index in [2.05, 4.69) is 58.3 Å². The molecule has 0 heterocycles. The molecule has 2 rings (SSSR count). The second-order valence-corrected chi connectivity index (χ2v) is 5.90. The highest BCUT2D eigenvalue weighted by Crippen LogP contribution is 2.19. The van der Waals surface area contributed by atoms with Crippen LogP contribution in [-0.4, -0.2) is 31.1 Å². The summed E-state index contributed by atoms with van der Waals surface area (Å²) in [6, 6.07) is 7.43. The molecule has 17 heavy (non-hydrogen) atoms. The Bertz CT molecular complexity index is 374. The minimum atomic E-state index is 0.817. The molecule has 0 saturated heterocycles. The van der Waals surface area contributed by atoms with Crippen LogP contribution in [0.25, 0.3) is 0 Å². The molecule has 1 aromatic rings. The largest absolute Gasteiger partial charge is 0.313 e. The molecule has 94 valence electrons. The molecule has 3 heteroatoms. The van der Waals surface area contributed by atoms with E-state index < -0.39 is 0 Å². The van der Waals surface area contributed by atoms with Crippen molar-refractivity contribution >= 4 is 15.9 Å². The lowest BCUT2D eigenvalue weighted by Gasteiger charge is -2.17. The fourth-order valence-electron chi connectivity index (χ4n) is 1.87. The van der Waals surface area contributed by atoms with Gasteiger partial charge in [-0.3, -0.25) is 0 Å². The van der Waals surface area contributed by atoms with E-state index in [1.807, 2.05) is 0 Å². The van der Waals surface area contributed by atoms with Crippen LogP contribution in [-0.2, 0) is 6.54 Å². The van der Waals surface area contributed by atoms with Gasteiger partial charge in [-0.05, 0) is 44.0 Å². The lowest BCUT2D eigenvalue weighted by molar-refractivity contribution is 0.324. The molecule has 0 atom stereocenters. The van der Waals surface area contributed by atoms with E-state index in [0.29, 0.717) is 0 Å². The molecule has 0 radical (unpaired) electrons. The Balaban J connectivity index is 1.75. The summed E-state index contributed by atoms with van der Waals surface area (Å²) in [5.74, 6) is 0. The number of halogens is 1. The van der Waals surface area contributed by atoms with Crippen molar-refractivity contribution in [3.63, 3.8) is 0 Å². The summed E-state index contributed by atoms with van der Waals surface area (Å²) in [5, 5.41) is 3.54. The summed E-state index contributed by atoms with van der Waals surface area (Å²) < 4.78 is 1.21. The Morgan fingerprint density at radius 2 is 2.18 bits per heavy atom. The average Bonchev–Trinajstić information content (AvgIpc) is 3.07. The monoisotopic (exact) mass is 296 g/mol. The predicted molar refractivity (Wildman–Crippen MR) is 76.2 cm³/mol. The Morgan fingerprint density at radius 1 is 1.41 bits per heavy atom. The SMILES string of the molecule is Cc1ccc(CN(C)CCNC2CC2)cc1Br. The first kappa shape index (κ1) is 13.1. The smallest absolute Gasteiger partial charge is 0.0231 e. The molecule has 0 spiro atoms. The van der Waals surface area contributed by atoms with Gasteiger partial charge in [0.25, 0.3) is 0 Å². The van der Waals surface area contributed by atoms with Gasteiger partial charge in [-0.2, -0.15) is 0 Å². The molecular weight excluding hydrogens is 276 g/mol. The highest BCUT2D eigenvalue weighted by atomic mass is 79.9. The Hall–Kier alpha value is -0.380. The molecule has 1 N–H and O–H groups in total. The number of hydrogen-bond acceptors (Lipinski definition) is 2. The number of hydrogen-bond donors (Lipinski definition) is 1. The quantitative estimate of drug-likeness (QED) is 0.868. The van der Waals surface area contributed by atoms with Crippen molar-refractivity contribution in [2.24, 2.45) is 0 Å². The van der Waals surface area contributed by atoms with E-state index >= 15 is 0 Å². The van der Waals surface area contributed by atoms with Gasteiger partial charge in [0.2, 0.25) is 0 Å². The molecular formula is C14H21BrN2. The van der Waals surface area contributed by atoms with E-state index in [1.165, 1.54) is 28.4 Å². The maximum Gasteiger partial charge on any atom is 0.0231 e. The average molecular weight is 297 g/mol. The second kappa shape index (κ2) is 5.98. The molecule has 2 nitrogen and oxygen atoms in total. The maximum atomic E-state index is 3.59. The Kier molecular flexibility index (Phi) is 4.60.